The molecule has 0 unspecified atom stereocenters. The molecule has 1 aromatic carbocycles. The van der Waals surface area contributed by atoms with E-state index in [0.29, 0.717) is 0 Å². The van der Waals surface area contributed by atoms with Crippen LogP contribution in [0.4, 0.5) is 0 Å². The summed E-state index contributed by atoms with van der Waals surface area (Å²) in [6.07, 6.45) is 0. The molecule has 0 aliphatic carbocycles. The highest BCUT2D eigenvalue weighted by atomic mass is 32.1. The van der Waals surface area contributed by atoms with Crippen LogP contribution in [0.25, 0.3) is 0 Å². The summed E-state index contributed by atoms with van der Waals surface area (Å²) in [6.45, 7) is 3.94. The number of hydrogen-bond acceptors (Lipinski definition) is 2. The molecule has 4 heteroatoms. The number of nitrogens with two attached hydrogens (primary N) is 1. The summed E-state index contributed by atoms with van der Waals surface area (Å²) < 4.78 is 0. The van der Waals surface area contributed by atoms with E-state index in [-0.39, 0.29) is 5.11 Å². The van der Waals surface area contributed by atoms with Crippen molar-refractivity contribution in [1.82, 2.24) is 5.43 Å². The highest BCUT2D eigenvalue weighted by molar-refractivity contribution is 7.80. The monoisotopic (exact) mass is 207 g/mol. The Kier molecular flexibility index (Phi) is 3.59. The van der Waals surface area contributed by atoms with Crippen molar-refractivity contribution in [2.75, 3.05) is 0 Å². The van der Waals surface area contributed by atoms with E-state index in [9.17, 15) is 0 Å². The summed E-state index contributed by atoms with van der Waals surface area (Å²) in [5.74, 6) is 0. The predicted octanol–water partition coefficient (Wildman–Crippen LogP) is 1.55. The fourth-order valence-electron chi connectivity index (χ4n) is 1.07. The van der Waals surface area contributed by atoms with Crippen molar-refractivity contribution in [3.63, 3.8) is 0 Å². The van der Waals surface area contributed by atoms with Gasteiger partial charge in [-0.15, -0.1) is 0 Å². The van der Waals surface area contributed by atoms with Gasteiger partial charge in [0.25, 0.3) is 0 Å². The molecule has 74 valence electrons. The SMILES string of the molecule is C/C(=N\NC(N)=S)c1cccc(C)c1. The molecule has 0 amide bonds. The van der Waals surface area contributed by atoms with Crippen molar-refractivity contribution in [3.05, 3.63) is 35.4 Å². The third-order valence-electron chi connectivity index (χ3n) is 1.77. The third-order valence-corrected chi connectivity index (χ3v) is 1.86. The smallest absolute Gasteiger partial charge is 0.184 e. The number of thiocarbonyl (C=S) groups is 1. The molecule has 0 radical (unpaired) electrons. The maximum Gasteiger partial charge on any atom is 0.184 e. The summed E-state index contributed by atoms with van der Waals surface area (Å²) in [5, 5.41) is 4.21. The minimum absolute atomic E-state index is 0.178. The summed E-state index contributed by atoms with van der Waals surface area (Å²) in [5.41, 5.74) is 10.9. The van der Waals surface area contributed by atoms with Gasteiger partial charge in [-0.2, -0.15) is 5.10 Å². The Morgan fingerprint density at radius 3 is 2.79 bits per heavy atom. The maximum atomic E-state index is 5.26. The molecule has 3 N–H and O–H groups in total. The van der Waals surface area contributed by atoms with Gasteiger partial charge in [0.2, 0.25) is 0 Å². The summed E-state index contributed by atoms with van der Waals surface area (Å²) in [6, 6.07) is 8.08. The van der Waals surface area contributed by atoms with Gasteiger partial charge < -0.3 is 5.73 Å². The summed E-state index contributed by atoms with van der Waals surface area (Å²) >= 11 is 4.65. The van der Waals surface area contributed by atoms with E-state index >= 15 is 0 Å². The van der Waals surface area contributed by atoms with E-state index in [1.165, 1.54) is 5.56 Å². The zero-order chi connectivity index (χ0) is 10.6. The topological polar surface area (TPSA) is 50.4 Å². The van der Waals surface area contributed by atoms with Crippen LogP contribution in [0, 0.1) is 6.92 Å². The van der Waals surface area contributed by atoms with Crippen molar-refractivity contribution in [2.45, 2.75) is 13.8 Å². The molecule has 0 saturated heterocycles. The zero-order valence-corrected chi connectivity index (χ0v) is 9.06. The molecule has 0 heterocycles. The molecule has 0 aliphatic rings. The lowest BCUT2D eigenvalue weighted by atomic mass is 10.1. The van der Waals surface area contributed by atoms with Gasteiger partial charge in [-0.25, -0.2) is 0 Å². The normalized spacial score (nSPS) is 11.1. The Balaban J connectivity index is 2.83. The Labute approximate surface area is 89.0 Å². The molecule has 1 aromatic rings. The van der Waals surface area contributed by atoms with Crippen LogP contribution < -0.4 is 11.2 Å². The van der Waals surface area contributed by atoms with Crippen LogP contribution in [0.1, 0.15) is 18.1 Å². The molecule has 3 nitrogen and oxygen atoms in total. The Bertz CT molecular complexity index is 371. The summed E-state index contributed by atoms with van der Waals surface area (Å²) in [7, 11) is 0. The Morgan fingerprint density at radius 1 is 1.50 bits per heavy atom. The van der Waals surface area contributed by atoms with E-state index in [0.717, 1.165) is 11.3 Å². The molecular formula is C10H13N3S. The molecule has 14 heavy (non-hydrogen) atoms. The standard InChI is InChI=1S/C10H13N3S/c1-7-4-3-5-9(6-7)8(2)12-13-10(11)14/h3-6H,1-2H3,(H3,11,13,14)/b12-8+. The van der Waals surface area contributed by atoms with Crippen LogP contribution in [0.15, 0.2) is 29.4 Å². The van der Waals surface area contributed by atoms with E-state index in [1.807, 2.05) is 32.0 Å². The van der Waals surface area contributed by atoms with Gasteiger partial charge in [0.05, 0.1) is 5.71 Å². The first-order chi connectivity index (χ1) is 6.59. The number of benzene rings is 1. The van der Waals surface area contributed by atoms with Crippen LogP contribution in [0.2, 0.25) is 0 Å². The number of aryl methyl sites for hydroxylation is 1. The molecule has 0 fully saturated rings. The fraction of sp³-hybridized carbons (Fsp3) is 0.200. The second kappa shape index (κ2) is 4.72. The average molecular weight is 207 g/mol. The minimum Gasteiger partial charge on any atom is -0.375 e. The first-order valence-corrected chi connectivity index (χ1v) is 4.67. The van der Waals surface area contributed by atoms with Crippen LogP contribution in [0.3, 0.4) is 0 Å². The van der Waals surface area contributed by atoms with Crippen molar-refractivity contribution < 1.29 is 0 Å². The van der Waals surface area contributed by atoms with Crippen molar-refractivity contribution in [1.29, 1.82) is 0 Å². The van der Waals surface area contributed by atoms with Crippen molar-refractivity contribution >= 4 is 23.0 Å². The van der Waals surface area contributed by atoms with Gasteiger partial charge in [-0.1, -0.05) is 29.8 Å². The zero-order valence-electron chi connectivity index (χ0n) is 8.24. The number of hydrazone groups is 1. The second-order valence-corrected chi connectivity index (χ2v) is 3.48. The van der Waals surface area contributed by atoms with Crippen LogP contribution >= 0.6 is 12.2 Å². The van der Waals surface area contributed by atoms with Crippen LogP contribution in [0.5, 0.6) is 0 Å². The molecule has 0 atom stereocenters. The van der Waals surface area contributed by atoms with E-state index in [4.69, 9.17) is 5.73 Å². The van der Waals surface area contributed by atoms with Crippen LogP contribution in [-0.4, -0.2) is 10.8 Å². The average Bonchev–Trinajstić information content (AvgIpc) is 2.14. The molecule has 0 saturated carbocycles. The Morgan fingerprint density at radius 2 is 2.21 bits per heavy atom. The molecule has 0 aliphatic heterocycles. The first-order valence-electron chi connectivity index (χ1n) is 4.26. The van der Waals surface area contributed by atoms with E-state index in [2.05, 4.69) is 28.8 Å². The lowest BCUT2D eigenvalue weighted by Crippen LogP contribution is -2.25. The van der Waals surface area contributed by atoms with E-state index < -0.39 is 0 Å². The highest BCUT2D eigenvalue weighted by Crippen LogP contribution is 2.04. The van der Waals surface area contributed by atoms with Gasteiger partial charge >= 0.3 is 0 Å². The van der Waals surface area contributed by atoms with E-state index in [1.54, 1.807) is 0 Å². The number of nitrogens with one attached hydrogen (secondary N) is 1. The van der Waals surface area contributed by atoms with Gasteiger partial charge in [0.15, 0.2) is 5.11 Å². The number of rotatable bonds is 2. The van der Waals surface area contributed by atoms with Crippen LogP contribution in [-0.2, 0) is 0 Å². The predicted molar refractivity (Wildman–Crippen MR) is 63.3 cm³/mol. The largest absolute Gasteiger partial charge is 0.375 e. The number of hydrogen-bond donors (Lipinski definition) is 2. The lowest BCUT2D eigenvalue weighted by molar-refractivity contribution is 1.03. The van der Waals surface area contributed by atoms with Crippen molar-refractivity contribution in [2.24, 2.45) is 10.8 Å². The van der Waals surface area contributed by atoms with Gasteiger partial charge in [-0.05, 0) is 31.6 Å². The minimum atomic E-state index is 0.178. The fourth-order valence-corrected chi connectivity index (χ4v) is 1.12. The lowest BCUT2D eigenvalue weighted by Gasteiger charge is -2.02. The molecule has 1 rings (SSSR count). The maximum absolute atomic E-state index is 5.26. The molecule has 0 spiro atoms. The molecular weight excluding hydrogens is 194 g/mol. The second-order valence-electron chi connectivity index (χ2n) is 3.04. The molecule has 0 bridgehead atoms. The van der Waals surface area contributed by atoms with Gasteiger partial charge in [0, 0.05) is 0 Å². The highest BCUT2D eigenvalue weighted by Gasteiger charge is 1.96. The summed E-state index contributed by atoms with van der Waals surface area (Å²) in [4.78, 5) is 0. The van der Waals surface area contributed by atoms with Crippen molar-refractivity contribution in [3.8, 4) is 0 Å². The quantitative estimate of drug-likeness (QED) is 0.439. The van der Waals surface area contributed by atoms with Gasteiger partial charge in [0.1, 0.15) is 0 Å². The third kappa shape index (κ3) is 3.14. The number of nitrogens with zero attached hydrogens (tertiary/aromatic N) is 1. The first kappa shape index (κ1) is 10.7. The molecule has 0 aromatic heterocycles. The van der Waals surface area contributed by atoms with Gasteiger partial charge in [-0.3, -0.25) is 5.43 Å². The Hall–Kier alpha value is -1.42.